The van der Waals surface area contributed by atoms with E-state index in [2.05, 4.69) is 20.8 Å². The van der Waals surface area contributed by atoms with Crippen LogP contribution >= 0.6 is 27.0 Å². The van der Waals surface area contributed by atoms with Crippen molar-refractivity contribution in [1.29, 1.82) is 0 Å². The standard InChI is InChI=1S/C6H15P.2ClH.Pd/c1-4-7(5-2)6-3;;;/h4-6H2,1-3H3;2*1H;/q;;;+2/p-2. The predicted octanol–water partition coefficient (Wildman–Crippen LogP) is 3.90. The first-order chi connectivity index (χ1) is 4.76. The number of hydrogen-bond acceptors (Lipinski definition) is 0. The van der Waals surface area contributed by atoms with Crippen LogP contribution in [0, 0.1) is 0 Å². The Hall–Kier alpha value is 1.67. The third-order valence-electron chi connectivity index (χ3n) is 1.34. The average molecular weight is 295 g/mol. The minimum absolute atomic E-state index is 0.106. The molecule has 0 fully saturated rings. The average Bonchev–Trinajstić information content (AvgIpc) is 1.93. The minimum atomic E-state index is -0.106. The molecule has 0 aromatic carbocycles. The fourth-order valence-electron chi connectivity index (χ4n) is 0.671. The summed E-state index contributed by atoms with van der Waals surface area (Å²) in [6.45, 7) is 6.87. The van der Waals surface area contributed by atoms with E-state index in [0.29, 0.717) is 7.92 Å². The van der Waals surface area contributed by atoms with Crippen LogP contribution < -0.4 is 0 Å². The van der Waals surface area contributed by atoms with Gasteiger partial charge in [0.1, 0.15) is 0 Å². The van der Waals surface area contributed by atoms with Gasteiger partial charge in [-0.05, 0) is 18.5 Å². The molecule has 0 atom stereocenters. The predicted molar refractivity (Wildman–Crippen MR) is 50.2 cm³/mol. The van der Waals surface area contributed by atoms with Crippen LogP contribution in [0.3, 0.4) is 0 Å². The van der Waals surface area contributed by atoms with Gasteiger partial charge < -0.3 is 0 Å². The Bertz CT molecular complexity index is 45.5. The van der Waals surface area contributed by atoms with Gasteiger partial charge in [0, 0.05) is 0 Å². The molecule has 0 unspecified atom stereocenters. The SMILES string of the molecule is CCP(CC)CC.[Cl][Pd][Cl]. The van der Waals surface area contributed by atoms with Gasteiger partial charge in [0.05, 0.1) is 0 Å². The molecule has 0 spiro atoms. The summed E-state index contributed by atoms with van der Waals surface area (Å²) in [5.41, 5.74) is 0. The Kier molecular flexibility index (Phi) is 18.9. The third kappa shape index (κ3) is 12.4. The maximum absolute atomic E-state index is 4.81. The van der Waals surface area contributed by atoms with Crippen molar-refractivity contribution in [1.82, 2.24) is 0 Å². The van der Waals surface area contributed by atoms with Gasteiger partial charge >= 0.3 is 35.0 Å². The Morgan fingerprint density at radius 3 is 1.20 bits per heavy atom. The Morgan fingerprint density at radius 2 is 1.20 bits per heavy atom. The molecule has 0 saturated heterocycles. The molecule has 0 saturated carbocycles. The molecule has 0 aromatic rings. The maximum atomic E-state index is 4.81. The van der Waals surface area contributed by atoms with Crippen LogP contribution in [0.15, 0.2) is 0 Å². The third-order valence-corrected chi connectivity index (χ3v) is 4.02. The zero-order chi connectivity index (χ0) is 8.41. The molecule has 10 heavy (non-hydrogen) atoms. The van der Waals surface area contributed by atoms with Gasteiger partial charge in [0.25, 0.3) is 0 Å². The van der Waals surface area contributed by atoms with Crippen LogP contribution in [0.1, 0.15) is 20.8 Å². The van der Waals surface area contributed by atoms with Crippen LogP contribution in [-0.2, 0) is 15.9 Å². The Morgan fingerprint density at radius 1 is 1.00 bits per heavy atom. The second kappa shape index (κ2) is 13.3. The molecular formula is C6H15Cl2PPd. The van der Waals surface area contributed by atoms with Gasteiger partial charge in [-0.15, -0.1) is 7.92 Å². The molecule has 0 aliphatic heterocycles. The van der Waals surface area contributed by atoms with Crippen molar-refractivity contribution in [2.75, 3.05) is 18.5 Å². The van der Waals surface area contributed by atoms with Crippen molar-refractivity contribution in [3.8, 4) is 0 Å². The molecule has 0 amide bonds. The van der Waals surface area contributed by atoms with Crippen LogP contribution in [0.5, 0.6) is 0 Å². The second-order valence-electron chi connectivity index (χ2n) is 1.66. The van der Waals surface area contributed by atoms with Gasteiger partial charge in [-0.3, -0.25) is 0 Å². The first-order valence-corrected chi connectivity index (χ1v) is 9.21. The molecule has 4 heteroatoms. The van der Waals surface area contributed by atoms with E-state index < -0.39 is 0 Å². The van der Waals surface area contributed by atoms with Gasteiger partial charge in [-0.25, -0.2) is 0 Å². The number of rotatable bonds is 3. The number of halogens is 2. The van der Waals surface area contributed by atoms with E-state index in [4.69, 9.17) is 19.1 Å². The molecule has 0 rings (SSSR count). The zero-order valence-corrected chi connectivity index (χ0v) is 10.6. The summed E-state index contributed by atoms with van der Waals surface area (Å²) >= 11 is -0.106. The van der Waals surface area contributed by atoms with E-state index in [1.165, 1.54) is 18.5 Å². The van der Waals surface area contributed by atoms with Gasteiger partial charge in [0.15, 0.2) is 0 Å². The molecule has 68 valence electrons. The second-order valence-corrected chi connectivity index (χ2v) is 7.26. The Labute approximate surface area is 81.9 Å². The molecule has 0 nitrogen and oxygen atoms in total. The zero-order valence-electron chi connectivity index (χ0n) is 6.64. The van der Waals surface area contributed by atoms with Crippen LogP contribution in [-0.4, -0.2) is 18.5 Å². The molecular weight excluding hydrogens is 280 g/mol. The van der Waals surface area contributed by atoms with E-state index in [-0.39, 0.29) is 15.9 Å². The van der Waals surface area contributed by atoms with Gasteiger partial charge in [-0.1, -0.05) is 20.8 Å². The number of hydrogen-bond donors (Lipinski definition) is 0. The normalized spacial score (nSPS) is 9.40. The van der Waals surface area contributed by atoms with Crippen molar-refractivity contribution < 1.29 is 15.9 Å². The topological polar surface area (TPSA) is 0 Å². The summed E-state index contributed by atoms with van der Waals surface area (Å²) in [5.74, 6) is 0. The first kappa shape index (κ1) is 14.2. The Balaban J connectivity index is 0. The molecule has 0 radical (unpaired) electrons. The van der Waals surface area contributed by atoms with Crippen molar-refractivity contribution in [3.63, 3.8) is 0 Å². The monoisotopic (exact) mass is 294 g/mol. The summed E-state index contributed by atoms with van der Waals surface area (Å²) < 4.78 is 0. The van der Waals surface area contributed by atoms with Crippen LogP contribution in [0.4, 0.5) is 0 Å². The summed E-state index contributed by atoms with van der Waals surface area (Å²) in [5, 5.41) is 0. The van der Waals surface area contributed by atoms with E-state index in [1.807, 2.05) is 0 Å². The molecule has 0 aliphatic rings. The van der Waals surface area contributed by atoms with Crippen molar-refractivity contribution in [3.05, 3.63) is 0 Å². The summed E-state index contributed by atoms with van der Waals surface area (Å²) in [4.78, 5) is 0. The molecule has 0 N–H and O–H groups in total. The van der Waals surface area contributed by atoms with Crippen molar-refractivity contribution >= 4 is 27.0 Å². The van der Waals surface area contributed by atoms with Crippen LogP contribution in [0.2, 0.25) is 0 Å². The molecule has 0 aliphatic carbocycles. The van der Waals surface area contributed by atoms with E-state index in [0.717, 1.165) is 0 Å². The van der Waals surface area contributed by atoms with Gasteiger partial charge in [-0.2, -0.15) is 0 Å². The first-order valence-electron chi connectivity index (χ1n) is 3.31. The summed E-state index contributed by atoms with van der Waals surface area (Å²) in [6, 6.07) is 0. The summed E-state index contributed by atoms with van der Waals surface area (Å²) in [7, 11) is 10.1. The van der Waals surface area contributed by atoms with Crippen molar-refractivity contribution in [2.24, 2.45) is 0 Å². The fraction of sp³-hybridized carbons (Fsp3) is 1.00. The van der Waals surface area contributed by atoms with E-state index >= 15 is 0 Å². The van der Waals surface area contributed by atoms with Crippen LogP contribution in [0.25, 0.3) is 0 Å². The van der Waals surface area contributed by atoms with E-state index in [1.54, 1.807) is 0 Å². The molecule has 0 heterocycles. The molecule has 0 aromatic heterocycles. The molecule has 0 bridgehead atoms. The quantitative estimate of drug-likeness (QED) is 0.547. The van der Waals surface area contributed by atoms with Crippen molar-refractivity contribution in [2.45, 2.75) is 20.8 Å². The fourth-order valence-corrected chi connectivity index (χ4v) is 2.01. The summed E-state index contributed by atoms with van der Waals surface area (Å²) in [6.07, 6.45) is 4.26. The van der Waals surface area contributed by atoms with E-state index in [9.17, 15) is 0 Å². The van der Waals surface area contributed by atoms with Gasteiger partial charge in [0.2, 0.25) is 0 Å².